The minimum Gasteiger partial charge on any atom is -0.467 e. The summed E-state index contributed by atoms with van der Waals surface area (Å²) in [7, 11) is 1.17. The average molecular weight is 285 g/mol. The molecule has 5 heteroatoms. The van der Waals surface area contributed by atoms with E-state index in [0.717, 1.165) is 21.8 Å². The molecule has 0 fully saturated rings. The van der Waals surface area contributed by atoms with E-state index in [0.29, 0.717) is 5.56 Å². The maximum atomic E-state index is 11.3. The monoisotopic (exact) mass is 285 g/mol. The number of rotatable bonds is 3. The Morgan fingerprint density at radius 2 is 1.81 bits per heavy atom. The van der Waals surface area contributed by atoms with E-state index in [4.69, 9.17) is 0 Å². The summed E-state index contributed by atoms with van der Waals surface area (Å²) >= 11 is 0. The second-order valence-electron chi connectivity index (χ2n) is 4.89. The number of carbonyl (C=O) groups is 1. The number of para-hydroxylation sites is 1. The fraction of sp³-hybridized carbons (Fsp3) is 0.188. The van der Waals surface area contributed by atoms with Gasteiger partial charge in [-0.1, -0.05) is 30.3 Å². The van der Waals surface area contributed by atoms with Crippen molar-refractivity contribution in [1.29, 1.82) is 0 Å². The first-order valence-electron chi connectivity index (χ1n) is 6.56. The topological polar surface area (TPSA) is 82.6 Å². The van der Waals surface area contributed by atoms with Crippen LogP contribution in [0.3, 0.4) is 0 Å². The molecule has 2 atom stereocenters. The molecule has 2 aromatic carbocycles. The van der Waals surface area contributed by atoms with Crippen molar-refractivity contribution in [3.05, 3.63) is 48.0 Å². The van der Waals surface area contributed by atoms with Crippen molar-refractivity contribution in [2.75, 3.05) is 7.11 Å². The summed E-state index contributed by atoms with van der Waals surface area (Å²) < 4.78 is 4.43. The second-order valence-corrected chi connectivity index (χ2v) is 4.89. The molecule has 3 rings (SSSR count). The van der Waals surface area contributed by atoms with Crippen LogP contribution in [0.25, 0.3) is 21.8 Å². The summed E-state index contributed by atoms with van der Waals surface area (Å²) in [6, 6.07) is 13.2. The molecular formula is C16H15NO4. The van der Waals surface area contributed by atoms with Crippen LogP contribution in [0.5, 0.6) is 0 Å². The van der Waals surface area contributed by atoms with Crippen molar-refractivity contribution in [2.45, 2.75) is 12.2 Å². The molecule has 1 heterocycles. The van der Waals surface area contributed by atoms with E-state index in [1.54, 1.807) is 12.1 Å². The molecule has 21 heavy (non-hydrogen) atoms. The number of carbonyl (C=O) groups excluding carboxylic acids is 1. The third-order valence-electron chi connectivity index (χ3n) is 3.61. The molecular weight excluding hydrogens is 270 g/mol. The van der Waals surface area contributed by atoms with Gasteiger partial charge in [-0.05, 0) is 17.7 Å². The first kappa shape index (κ1) is 13.6. The minimum absolute atomic E-state index is 0.451. The van der Waals surface area contributed by atoms with Gasteiger partial charge >= 0.3 is 5.97 Å². The highest BCUT2D eigenvalue weighted by atomic mass is 16.5. The lowest BCUT2D eigenvalue weighted by molar-refractivity contribution is -0.156. The van der Waals surface area contributed by atoms with Crippen molar-refractivity contribution in [1.82, 2.24) is 4.98 Å². The quantitative estimate of drug-likeness (QED) is 0.642. The lowest BCUT2D eigenvalue weighted by Crippen LogP contribution is -2.28. The normalized spacial score (nSPS) is 14.2. The molecule has 2 unspecified atom stereocenters. The number of H-pyrrole nitrogens is 1. The van der Waals surface area contributed by atoms with E-state index >= 15 is 0 Å². The zero-order valence-corrected chi connectivity index (χ0v) is 11.4. The number of ether oxygens (including phenoxy) is 1. The maximum Gasteiger partial charge on any atom is 0.337 e. The lowest BCUT2D eigenvalue weighted by atomic mass is 10.0. The summed E-state index contributed by atoms with van der Waals surface area (Å²) in [6.45, 7) is 0. The Balaban J connectivity index is 2.05. The highest BCUT2D eigenvalue weighted by molar-refractivity contribution is 6.07. The van der Waals surface area contributed by atoms with Crippen molar-refractivity contribution in [2.24, 2.45) is 0 Å². The molecule has 0 amide bonds. The fourth-order valence-electron chi connectivity index (χ4n) is 2.49. The smallest absolute Gasteiger partial charge is 0.337 e. The summed E-state index contributed by atoms with van der Waals surface area (Å²) in [5.41, 5.74) is 2.28. The van der Waals surface area contributed by atoms with Crippen LogP contribution >= 0.6 is 0 Å². The van der Waals surface area contributed by atoms with Gasteiger partial charge in [-0.25, -0.2) is 4.79 Å². The van der Waals surface area contributed by atoms with Crippen molar-refractivity contribution >= 4 is 27.8 Å². The van der Waals surface area contributed by atoms with Gasteiger partial charge in [-0.15, -0.1) is 0 Å². The van der Waals surface area contributed by atoms with E-state index in [1.165, 1.54) is 7.11 Å². The summed E-state index contributed by atoms with van der Waals surface area (Å²) in [5, 5.41) is 21.9. The van der Waals surface area contributed by atoms with E-state index in [1.807, 2.05) is 30.3 Å². The molecule has 0 radical (unpaired) electrons. The van der Waals surface area contributed by atoms with Crippen LogP contribution in [-0.2, 0) is 9.53 Å². The van der Waals surface area contributed by atoms with E-state index in [2.05, 4.69) is 9.72 Å². The third kappa shape index (κ3) is 2.26. The molecule has 0 aliphatic rings. The van der Waals surface area contributed by atoms with E-state index in [9.17, 15) is 15.0 Å². The highest BCUT2D eigenvalue weighted by Crippen LogP contribution is 2.28. The van der Waals surface area contributed by atoms with Gasteiger partial charge in [-0.3, -0.25) is 0 Å². The predicted molar refractivity (Wildman–Crippen MR) is 78.8 cm³/mol. The zero-order valence-electron chi connectivity index (χ0n) is 11.4. The molecule has 0 bridgehead atoms. The molecule has 108 valence electrons. The molecule has 3 aromatic rings. The van der Waals surface area contributed by atoms with Gasteiger partial charge in [0.25, 0.3) is 0 Å². The Hall–Kier alpha value is -2.37. The highest BCUT2D eigenvalue weighted by Gasteiger charge is 2.26. The minimum atomic E-state index is -1.60. The number of nitrogens with one attached hydrogen (secondary N) is 1. The van der Waals surface area contributed by atoms with Crippen molar-refractivity contribution < 1.29 is 19.7 Å². The number of methoxy groups -OCH3 is 1. The number of hydrogen-bond acceptors (Lipinski definition) is 4. The molecule has 0 saturated carbocycles. The molecule has 0 spiro atoms. The Bertz CT molecular complexity index is 808. The van der Waals surface area contributed by atoms with Gasteiger partial charge in [-0.2, -0.15) is 0 Å². The van der Waals surface area contributed by atoms with Crippen LogP contribution in [0, 0.1) is 0 Å². The molecule has 5 nitrogen and oxygen atoms in total. The van der Waals surface area contributed by atoms with Gasteiger partial charge < -0.3 is 19.9 Å². The number of aliphatic hydroxyl groups is 2. The van der Waals surface area contributed by atoms with Crippen LogP contribution < -0.4 is 0 Å². The molecule has 0 aliphatic heterocycles. The maximum absolute atomic E-state index is 11.3. The summed E-state index contributed by atoms with van der Waals surface area (Å²) in [5.74, 6) is -0.862. The molecule has 0 aliphatic carbocycles. The Labute approximate surface area is 120 Å². The van der Waals surface area contributed by atoms with Crippen molar-refractivity contribution in [3.63, 3.8) is 0 Å². The Morgan fingerprint density at radius 1 is 1.10 bits per heavy atom. The molecule has 3 N–H and O–H groups in total. The Morgan fingerprint density at radius 3 is 2.57 bits per heavy atom. The van der Waals surface area contributed by atoms with Crippen LogP contribution in [0.2, 0.25) is 0 Å². The first-order valence-corrected chi connectivity index (χ1v) is 6.56. The van der Waals surface area contributed by atoms with E-state index in [-0.39, 0.29) is 0 Å². The van der Waals surface area contributed by atoms with Crippen LogP contribution in [0.4, 0.5) is 0 Å². The largest absolute Gasteiger partial charge is 0.467 e. The van der Waals surface area contributed by atoms with Gasteiger partial charge in [0.2, 0.25) is 0 Å². The SMILES string of the molecule is COC(=O)C(O)C(O)c1ccc2c(c1)[nH]c1ccccc12. The number of aliphatic hydroxyl groups excluding tert-OH is 2. The average Bonchev–Trinajstić information content (AvgIpc) is 2.90. The van der Waals surface area contributed by atoms with Crippen LogP contribution in [-0.4, -0.2) is 34.4 Å². The standard InChI is InChI=1S/C16H15NO4/c1-21-16(20)15(19)14(18)9-6-7-11-10-4-2-3-5-12(10)17-13(11)8-9/h2-8,14-15,17-19H,1H3. The summed E-state index contributed by atoms with van der Waals surface area (Å²) in [4.78, 5) is 14.5. The fourth-order valence-corrected chi connectivity index (χ4v) is 2.49. The van der Waals surface area contributed by atoms with Gasteiger partial charge in [0, 0.05) is 21.8 Å². The van der Waals surface area contributed by atoms with Crippen molar-refractivity contribution in [3.8, 4) is 0 Å². The number of fused-ring (bicyclic) bond motifs is 3. The molecule has 1 aromatic heterocycles. The predicted octanol–water partition coefficient (Wildman–Crippen LogP) is 1.89. The number of hydrogen-bond donors (Lipinski definition) is 3. The van der Waals surface area contributed by atoms with Gasteiger partial charge in [0.15, 0.2) is 6.10 Å². The number of aromatic nitrogens is 1. The second kappa shape index (κ2) is 5.20. The van der Waals surface area contributed by atoms with Crippen LogP contribution in [0.1, 0.15) is 11.7 Å². The number of esters is 1. The van der Waals surface area contributed by atoms with Gasteiger partial charge in [0.05, 0.1) is 7.11 Å². The Kier molecular flexibility index (Phi) is 3.37. The summed E-state index contributed by atoms with van der Waals surface area (Å²) in [6.07, 6.45) is -2.93. The molecule has 0 saturated heterocycles. The first-order chi connectivity index (χ1) is 10.1. The van der Waals surface area contributed by atoms with Crippen LogP contribution in [0.15, 0.2) is 42.5 Å². The number of aromatic amines is 1. The lowest BCUT2D eigenvalue weighted by Gasteiger charge is -2.15. The van der Waals surface area contributed by atoms with E-state index < -0.39 is 18.2 Å². The van der Waals surface area contributed by atoms with Gasteiger partial charge in [0.1, 0.15) is 6.10 Å². The third-order valence-corrected chi connectivity index (χ3v) is 3.61. The zero-order chi connectivity index (χ0) is 15.0. The number of benzene rings is 2.